The fourth-order valence-electron chi connectivity index (χ4n) is 0.0634. The summed E-state index contributed by atoms with van der Waals surface area (Å²) in [6.45, 7) is 0. The van der Waals surface area contributed by atoms with Gasteiger partial charge in [-0.05, 0) is 0 Å². The number of hydrogen-bond acceptors (Lipinski definition) is 1. The zero-order valence-corrected chi connectivity index (χ0v) is 6.58. The van der Waals surface area contributed by atoms with E-state index in [0.717, 1.165) is 0 Å². The Morgan fingerprint density at radius 3 is 1.30 bits per heavy atom. The van der Waals surface area contributed by atoms with Crippen LogP contribution in [0.1, 0.15) is 0 Å². The fourth-order valence-corrected chi connectivity index (χ4v) is 0.0634. The lowest BCUT2D eigenvalue weighted by atomic mass is 10.4. The summed E-state index contributed by atoms with van der Waals surface area (Å²) in [4.78, 5) is 0. The Labute approximate surface area is 69.8 Å². The third-order valence-electron chi connectivity index (χ3n) is 0.496. The van der Waals surface area contributed by atoms with Crippen LogP contribution in [0.2, 0.25) is 0 Å². The van der Waals surface area contributed by atoms with Crippen LogP contribution in [-0.2, 0) is 0 Å². The second kappa shape index (κ2) is 3.32. The molecule has 0 aromatic rings. The summed E-state index contributed by atoms with van der Waals surface area (Å²) in [5, 5.41) is 7.21. The Balaban J connectivity index is 0. The largest absolute Gasteiger partial charge is 0.468 e. The second-order valence-corrected chi connectivity index (χ2v) is 1.18. The van der Waals surface area contributed by atoms with Gasteiger partial charge < -0.3 is 0 Å². The molecule has 0 radical (unpaired) electrons. The molecule has 0 aliphatic heterocycles. The van der Waals surface area contributed by atoms with Crippen molar-refractivity contribution < 1.29 is 22.0 Å². The van der Waals surface area contributed by atoms with E-state index in [1.54, 1.807) is 0 Å². The van der Waals surface area contributed by atoms with Gasteiger partial charge in [-0.2, -0.15) is 27.2 Å². The molecule has 0 fully saturated rings. The van der Waals surface area contributed by atoms with E-state index in [1.807, 2.05) is 0 Å². The molecule has 0 atom stereocenters. The van der Waals surface area contributed by atoms with E-state index in [0.29, 0.717) is 0 Å². The summed E-state index contributed by atoms with van der Waals surface area (Å²) >= 11 is 0. The molecule has 0 aliphatic carbocycles. The second-order valence-electron chi connectivity index (χ2n) is 1.18. The van der Waals surface area contributed by atoms with E-state index < -0.39 is 12.1 Å². The summed E-state index contributed by atoms with van der Waals surface area (Å²) in [5.74, 6) is -5.22. The van der Waals surface area contributed by atoms with E-state index >= 15 is 0 Å². The Morgan fingerprint density at radius 2 is 1.30 bits per heavy atom. The lowest BCUT2D eigenvalue weighted by Gasteiger charge is -2.09. The van der Waals surface area contributed by atoms with Crippen LogP contribution < -0.4 is 0 Å². The summed E-state index contributed by atoms with van der Waals surface area (Å²) in [6, 6.07) is -0.177. The van der Waals surface area contributed by atoms with Gasteiger partial charge >= 0.3 is 12.1 Å². The van der Waals surface area contributed by atoms with Crippen LogP contribution in [0.3, 0.4) is 0 Å². The van der Waals surface area contributed by atoms with E-state index in [2.05, 4.69) is 0 Å². The number of alkyl halides is 5. The minimum atomic E-state index is -5.75. The molecule has 1 nitrogen and oxygen atoms in total. The zero-order valence-electron chi connectivity index (χ0n) is 4.25. The molecule has 10 heavy (non-hydrogen) atoms. The predicted molar refractivity (Wildman–Crippen MR) is 32.0 cm³/mol. The summed E-state index contributed by atoms with van der Waals surface area (Å²) in [7, 11) is 0. The lowest BCUT2D eigenvalue weighted by molar-refractivity contribution is -0.255. The summed E-state index contributed by atoms with van der Waals surface area (Å²) < 4.78 is 54.9. The van der Waals surface area contributed by atoms with E-state index in [-0.39, 0.29) is 30.0 Å². The van der Waals surface area contributed by atoms with Crippen LogP contribution in [0, 0.1) is 11.3 Å². The Hall–Kier alpha value is -0.130. The first kappa shape index (κ1) is 12.5. The maximum absolute atomic E-state index is 11.2. The first-order valence-corrected chi connectivity index (χ1v) is 1.67. The van der Waals surface area contributed by atoms with Crippen molar-refractivity contribution in [3.05, 3.63) is 0 Å². The summed E-state index contributed by atoms with van der Waals surface area (Å²) in [5.41, 5.74) is 0. The van der Waals surface area contributed by atoms with Crippen molar-refractivity contribution in [3.63, 3.8) is 0 Å². The third-order valence-corrected chi connectivity index (χ3v) is 0.496. The number of halogens is 6. The SMILES string of the molecule is I.N#CC(F)(F)C(F)(F)F. The zero-order chi connectivity index (χ0) is 7.71. The van der Waals surface area contributed by atoms with Gasteiger partial charge in [-0.3, -0.25) is 0 Å². The molecule has 60 valence electrons. The molecule has 0 aromatic heterocycles. The highest BCUT2D eigenvalue weighted by Gasteiger charge is 2.58. The van der Waals surface area contributed by atoms with Crippen LogP contribution in [-0.4, -0.2) is 12.1 Å². The standard InChI is InChI=1S/C3F5N.HI/c4-2(5,1-9)3(6,7)8;/h;1H. The van der Waals surface area contributed by atoms with Crippen LogP contribution in [0.4, 0.5) is 22.0 Å². The maximum atomic E-state index is 11.2. The molecular weight excluding hydrogens is 272 g/mol. The van der Waals surface area contributed by atoms with Crippen molar-refractivity contribution in [2.45, 2.75) is 12.1 Å². The molecule has 0 saturated heterocycles. The fraction of sp³-hybridized carbons (Fsp3) is 0.667. The van der Waals surface area contributed by atoms with Crippen LogP contribution in [0.5, 0.6) is 0 Å². The van der Waals surface area contributed by atoms with Crippen LogP contribution in [0.25, 0.3) is 0 Å². The van der Waals surface area contributed by atoms with Gasteiger partial charge in [-0.1, -0.05) is 0 Å². The lowest BCUT2D eigenvalue weighted by Crippen LogP contribution is -2.34. The molecule has 0 aromatic carbocycles. The topological polar surface area (TPSA) is 23.8 Å². The molecule has 0 bridgehead atoms. The minimum Gasteiger partial charge on any atom is -0.191 e. The first-order chi connectivity index (χ1) is 3.81. The molecule has 0 rings (SSSR count). The quantitative estimate of drug-likeness (QED) is 0.491. The number of nitriles is 1. The van der Waals surface area contributed by atoms with Gasteiger partial charge in [0.25, 0.3) is 0 Å². The predicted octanol–water partition coefficient (Wildman–Crippen LogP) is 2.33. The van der Waals surface area contributed by atoms with Gasteiger partial charge in [-0.15, -0.1) is 24.0 Å². The average Bonchev–Trinajstić information content (AvgIpc) is 1.64. The highest BCUT2D eigenvalue weighted by molar-refractivity contribution is 14.0. The molecule has 0 unspecified atom stereocenters. The van der Waals surface area contributed by atoms with Crippen molar-refractivity contribution in [2.75, 3.05) is 0 Å². The monoisotopic (exact) mass is 273 g/mol. The molecule has 7 heteroatoms. The average molecular weight is 273 g/mol. The Kier molecular flexibility index (Phi) is 4.16. The number of hydrogen-bond donors (Lipinski definition) is 0. The van der Waals surface area contributed by atoms with Crippen LogP contribution >= 0.6 is 24.0 Å². The van der Waals surface area contributed by atoms with E-state index in [4.69, 9.17) is 5.26 Å². The molecule has 0 amide bonds. The minimum absolute atomic E-state index is 0. The highest BCUT2D eigenvalue weighted by Crippen LogP contribution is 2.34. The molecule has 0 saturated carbocycles. The Morgan fingerprint density at radius 1 is 1.00 bits per heavy atom. The summed E-state index contributed by atoms with van der Waals surface area (Å²) in [6.07, 6.45) is -5.75. The Bertz CT molecular complexity index is 144. The molecular formula is C3HF5IN. The highest BCUT2D eigenvalue weighted by atomic mass is 127. The first-order valence-electron chi connectivity index (χ1n) is 1.67. The van der Waals surface area contributed by atoms with Gasteiger partial charge in [0.2, 0.25) is 0 Å². The molecule has 0 heterocycles. The van der Waals surface area contributed by atoms with Crippen molar-refractivity contribution in [3.8, 4) is 6.07 Å². The van der Waals surface area contributed by atoms with E-state index in [9.17, 15) is 22.0 Å². The smallest absolute Gasteiger partial charge is 0.191 e. The van der Waals surface area contributed by atoms with Gasteiger partial charge in [-0.25, -0.2) is 0 Å². The molecule has 0 aliphatic rings. The molecule has 0 spiro atoms. The van der Waals surface area contributed by atoms with Gasteiger partial charge in [0, 0.05) is 0 Å². The number of rotatable bonds is 0. The van der Waals surface area contributed by atoms with Crippen molar-refractivity contribution in [1.82, 2.24) is 0 Å². The molecule has 0 N–H and O–H groups in total. The van der Waals surface area contributed by atoms with Crippen molar-refractivity contribution in [1.29, 1.82) is 5.26 Å². The normalized spacial score (nSPS) is 11.6. The van der Waals surface area contributed by atoms with Crippen molar-refractivity contribution >= 4 is 24.0 Å². The van der Waals surface area contributed by atoms with E-state index in [1.165, 1.54) is 0 Å². The van der Waals surface area contributed by atoms with Gasteiger partial charge in [0.15, 0.2) is 0 Å². The maximum Gasteiger partial charge on any atom is 0.468 e. The third kappa shape index (κ3) is 2.64. The van der Waals surface area contributed by atoms with Crippen molar-refractivity contribution in [2.24, 2.45) is 0 Å². The van der Waals surface area contributed by atoms with Gasteiger partial charge in [0.05, 0.1) is 0 Å². The number of nitrogens with zero attached hydrogens (tertiary/aromatic N) is 1. The van der Waals surface area contributed by atoms with Gasteiger partial charge in [0.1, 0.15) is 6.07 Å². The van der Waals surface area contributed by atoms with Crippen LogP contribution in [0.15, 0.2) is 0 Å².